The molecule has 1 atom stereocenters. The quantitative estimate of drug-likeness (QED) is 0.768. The van der Waals surface area contributed by atoms with Gasteiger partial charge in [0.15, 0.2) is 0 Å². The van der Waals surface area contributed by atoms with Crippen LogP contribution in [0.15, 0.2) is 36.5 Å². The Morgan fingerprint density at radius 1 is 1.38 bits per heavy atom. The van der Waals surface area contributed by atoms with Gasteiger partial charge in [-0.3, -0.25) is 14.6 Å². The minimum absolute atomic E-state index is 0.227. The number of amides is 2. The smallest absolute Gasteiger partial charge is 0.247 e. The molecule has 0 unspecified atom stereocenters. The Balaban J connectivity index is 2.17. The largest absolute Gasteiger partial charge is 0.347 e. The summed E-state index contributed by atoms with van der Waals surface area (Å²) in [5.41, 5.74) is 1.39. The van der Waals surface area contributed by atoms with Crippen LogP contribution >= 0.6 is 11.8 Å². The van der Waals surface area contributed by atoms with E-state index < -0.39 is 6.04 Å². The van der Waals surface area contributed by atoms with Crippen molar-refractivity contribution < 1.29 is 9.59 Å². The number of para-hydroxylation sites is 1. The molecule has 2 N–H and O–H groups in total. The molecule has 1 aromatic carbocycles. The summed E-state index contributed by atoms with van der Waals surface area (Å²) >= 11 is 1.63. The molecular weight excluding hydrogens is 286 g/mol. The zero-order valence-corrected chi connectivity index (χ0v) is 12.5. The number of hydrogen-bond donors (Lipinski definition) is 2. The van der Waals surface area contributed by atoms with Gasteiger partial charge in [-0.2, -0.15) is 11.8 Å². The van der Waals surface area contributed by atoms with Gasteiger partial charge in [-0.15, -0.1) is 0 Å². The van der Waals surface area contributed by atoms with Gasteiger partial charge < -0.3 is 10.6 Å². The van der Waals surface area contributed by atoms with Crippen molar-refractivity contribution in [2.75, 3.05) is 17.3 Å². The summed E-state index contributed by atoms with van der Waals surface area (Å²) < 4.78 is 0. The third-order valence-electron chi connectivity index (χ3n) is 3.09. The van der Waals surface area contributed by atoms with Crippen LogP contribution in [-0.2, 0) is 9.59 Å². The third-order valence-corrected chi connectivity index (χ3v) is 3.73. The Hall–Kier alpha value is -2.08. The number of anilines is 1. The lowest BCUT2D eigenvalue weighted by atomic mass is 10.1. The van der Waals surface area contributed by atoms with Gasteiger partial charge >= 0.3 is 0 Å². The van der Waals surface area contributed by atoms with E-state index in [0.29, 0.717) is 18.5 Å². The highest BCUT2D eigenvalue weighted by molar-refractivity contribution is 7.98. The topological polar surface area (TPSA) is 71.1 Å². The van der Waals surface area contributed by atoms with E-state index in [0.717, 1.165) is 16.7 Å². The van der Waals surface area contributed by atoms with Crippen LogP contribution in [0.3, 0.4) is 0 Å². The van der Waals surface area contributed by atoms with Gasteiger partial charge in [0.05, 0.1) is 11.2 Å². The van der Waals surface area contributed by atoms with E-state index in [1.165, 1.54) is 0 Å². The minimum Gasteiger partial charge on any atom is -0.347 e. The highest BCUT2D eigenvalue weighted by Crippen LogP contribution is 2.20. The SMILES string of the molecule is CSCC[C@H](NC=O)C(=O)Nc1cccc2cccnc12. The van der Waals surface area contributed by atoms with Crippen LogP contribution in [0.25, 0.3) is 10.9 Å². The van der Waals surface area contributed by atoms with E-state index in [9.17, 15) is 9.59 Å². The zero-order valence-electron chi connectivity index (χ0n) is 11.7. The van der Waals surface area contributed by atoms with Crippen LogP contribution in [0.2, 0.25) is 0 Å². The van der Waals surface area contributed by atoms with Crippen molar-refractivity contribution in [1.29, 1.82) is 0 Å². The van der Waals surface area contributed by atoms with Gasteiger partial charge in [0.25, 0.3) is 0 Å². The summed E-state index contributed by atoms with van der Waals surface area (Å²) in [5, 5.41) is 6.36. The van der Waals surface area contributed by atoms with Gasteiger partial charge in [0.1, 0.15) is 6.04 Å². The normalized spacial score (nSPS) is 11.9. The predicted octanol–water partition coefficient (Wildman–Crippen LogP) is 2.04. The molecule has 21 heavy (non-hydrogen) atoms. The first-order valence-corrected chi connectivity index (χ1v) is 7.99. The molecule has 1 aromatic heterocycles. The lowest BCUT2D eigenvalue weighted by molar-refractivity contribution is -0.121. The van der Waals surface area contributed by atoms with Crippen molar-refractivity contribution in [2.45, 2.75) is 12.5 Å². The summed E-state index contributed by atoms with van der Waals surface area (Å²) in [6.07, 6.45) is 4.80. The fraction of sp³-hybridized carbons (Fsp3) is 0.267. The fourth-order valence-corrected chi connectivity index (χ4v) is 2.50. The highest BCUT2D eigenvalue weighted by atomic mass is 32.2. The molecule has 1 heterocycles. The van der Waals surface area contributed by atoms with Gasteiger partial charge in [0.2, 0.25) is 12.3 Å². The molecule has 0 aliphatic heterocycles. The second-order valence-corrected chi connectivity index (χ2v) is 5.47. The molecule has 2 aromatic rings. The number of benzene rings is 1. The molecule has 0 saturated carbocycles. The molecule has 0 radical (unpaired) electrons. The minimum atomic E-state index is -0.533. The van der Waals surface area contributed by atoms with E-state index in [-0.39, 0.29) is 5.91 Å². The molecular formula is C15H17N3O2S. The number of nitrogens with zero attached hydrogens (tertiary/aromatic N) is 1. The van der Waals surface area contributed by atoms with Crippen molar-refractivity contribution >= 4 is 40.7 Å². The van der Waals surface area contributed by atoms with Crippen molar-refractivity contribution in [3.05, 3.63) is 36.5 Å². The molecule has 6 heteroatoms. The number of carbonyl (C=O) groups is 2. The van der Waals surface area contributed by atoms with E-state index in [2.05, 4.69) is 15.6 Å². The second-order valence-electron chi connectivity index (χ2n) is 4.49. The van der Waals surface area contributed by atoms with E-state index in [4.69, 9.17) is 0 Å². The van der Waals surface area contributed by atoms with Gasteiger partial charge in [-0.1, -0.05) is 18.2 Å². The average Bonchev–Trinajstić information content (AvgIpc) is 2.51. The lowest BCUT2D eigenvalue weighted by Gasteiger charge is -2.16. The molecule has 0 aliphatic rings. The molecule has 0 saturated heterocycles. The first-order chi connectivity index (χ1) is 10.3. The average molecular weight is 303 g/mol. The number of fused-ring (bicyclic) bond motifs is 1. The first kappa shape index (κ1) is 15.3. The highest BCUT2D eigenvalue weighted by Gasteiger charge is 2.18. The van der Waals surface area contributed by atoms with Crippen LogP contribution in [0.5, 0.6) is 0 Å². The molecule has 0 bridgehead atoms. The third kappa shape index (κ3) is 3.95. The number of thioether (sulfide) groups is 1. The van der Waals surface area contributed by atoms with Gasteiger partial charge in [0, 0.05) is 11.6 Å². The maximum Gasteiger partial charge on any atom is 0.247 e. The van der Waals surface area contributed by atoms with Crippen molar-refractivity contribution in [3.63, 3.8) is 0 Å². The summed E-state index contributed by atoms with van der Waals surface area (Å²) in [4.78, 5) is 27.2. The molecule has 2 rings (SSSR count). The molecule has 2 amide bonds. The number of carbonyl (C=O) groups excluding carboxylic acids is 2. The van der Waals surface area contributed by atoms with Crippen molar-refractivity contribution in [3.8, 4) is 0 Å². The van der Waals surface area contributed by atoms with E-state index in [1.54, 1.807) is 24.0 Å². The summed E-state index contributed by atoms with van der Waals surface area (Å²) in [7, 11) is 0. The first-order valence-electron chi connectivity index (χ1n) is 6.59. The fourth-order valence-electron chi connectivity index (χ4n) is 2.03. The second kappa shape index (κ2) is 7.64. The molecule has 0 aliphatic carbocycles. The Bertz CT molecular complexity index is 628. The van der Waals surface area contributed by atoms with Crippen molar-refractivity contribution in [2.24, 2.45) is 0 Å². The Morgan fingerprint density at radius 3 is 2.95 bits per heavy atom. The van der Waals surface area contributed by atoms with Crippen LogP contribution in [0, 0.1) is 0 Å². The Labute approximate surface area is 127 Å². The predicted molar refractivity (Wildman–Crippen MR) is 86.4 cm³/mol. The van der Waals surface area contributed by atoms with E-state index >= 15 is 0 Å². The Kier molecular flexibility index (Phi) is 5.57. The van der Waals surface area contributed by atoms with Crippen LogP contribution in [0.1, 0.15) is 6.42 Å². The molecule has 0 spiro atoms. The standard InChI is InChI=1S/C15H17N3O2S/c1-21-9-7-13(17-10-19)15(20)18-12-6-2-4-11-5-3-8-16-14(11)12/h2-6,8,10,13H,7,9H2,1H3,(H,17,19)(H,18,20)/t13-/m0/s1. The van der Waals surface area contributed by atoms with Gasteiger partial charge in [-0.05, 0) is 30.6 Å². The number of rotatable bonds is 7. The van der Waals surface area contributed by atoms with Crippen molar-refractivity contribution in [1.82, 2.24) is 10.3 Å². The zero-order chi connectivity index (χ0) is 15.1. The number of hydrogen-bond acceptors (Lipinski definition) is 4. The maximum absolute atomic E-state index is 12.3. The maximum atomic E-state index is 12.3. The summed E-state index contributed by atoms with van der Waals surface area (Å²) in [6.45, 7) is 0. The summed E-state index contributed by atoms with van der Waals surface area (Å²) in [5.74, 6) is 0.571. The Morgan fingerprint density at radius 2 is 2.19 bits per heavy atom. The van der Waals surface area contributed by atoms with Crippen LogP contribution < -0.4 is 10.6 Å². The monoisotopic (exact) mass is 303 g/mol. The van der Waals surface area contributed by atoms with E-state index in [1.807, 2.05) is 30.5 Å². The molecule has 110 valence electrons. The molecule has 0 fully saturated rings. The van der Waals surface area contributed by atoms with Gasteiger partial charge in [-0.25, -0.2) is 0 Å². The van der Waals surface area contributed by atoms with Crippen LogP contribution in [0.4, 0.5) is 5.69 Å². The number of aromatic nitrogens is 1. The lowest BCUT2D eigenvalue weighted by Crippen LogP contribution is -2.40. The summed E-state index contributed by atoms with van der Waals surface area (Å²) in [6, 6.07) is 8.86. The van der Waals surface area contributed by atoms with Crippen LogP contribution in [-0.4, -0.2) is 35.4 Å². The number of pyridine rings is 1. The molecule has 5 nitrogen and oxygen atoms in total. The number of nitrogens with one attached hydrogen (secondary N) is 2.